The number of aryl methyl sites for hydroxylation is 1. The van der Waals surface area contributed by atoms with Crippen molar-refractivity contribution >= 4 is 16.7 Å². The molecule has 0 atom stereocenters. The van der Waals surface area contributed by atoms with E-state index in [1.807, 2.05) is 26.1 Å². The number of nitrogens with zero attached hydrogens (tertiary/aromatic N) is 1. The Hall–Kier alpha value is -1.69. The van der Waals surface area contributed by atoms with Gasteiger partial charge in [0.1, 0.15) is 6.54 Å². The van der Waals surface area contributed by atoms with Crippen LogP contribution in [0.1, 0.15) is 28.9 Å². The van der Waals surface area contributed by atoms with Crippen LogP contribution in [0, 0.1) is 6.92 Å². The highest BCUT2D eigenvalue weighted by Crippen LogP contribution is 2.28. The average Bonchev–Trinajstić information content (AvgIpc) is 3.14. The molecule has 1 aromatic heterocycles. The second kappa shape index (κ2) is 5.99. The fraction of sp³-hybridized carbons (Fsp3) is 0.526. The van der Waals surface area contributed by atoms with Gasteiger partial charge in [0.05, 0.1) is 44.7 Å². The van der Waals surface area contributed by atoms with Crippen LogP contribution < -0.4 is 4.90 Å². The van der Waals surface area contributed by atoms with E-state index in [4.69, 9.17) is 9.47 Å². The third-order valence-corrected chi connectivity index (χ3v) is 5.62. The number of fused-ring (bicyclic) bond motifs is 1. The Balaban J connectivity index is 1.50. The summed E-state index contributed by atoms with van der Waals surface area (Å²) in [6.45, 7) is 5.83. The van der Waals surface area contributed by atoms with Crippen molar-refractivity contribution < 1.29 is 19.2 Å². The smallest absolute Gasteiger partial charge is 0.219 e. The number of benzene rings is 1. The molecule has 4 rings (SSSR count). The molecule has 0 aliphatic carbocycles. The van der Waals surface area contributed by atoms with Gasteiger partial charge in [0.25, 0.3) is 0 Å². The van der Waals surface area contributed by atoms with Crippen LogP contribution in [-0.4, -0.2) is 49.0 Å². The number of hydrogen-bond acceptors (Lipinski definition) is 3. The Bertz CT molecular complexity index is 764. The lowest BCUT2D eigenvalue weighted by Gasteiger charge is -2.34. The summed E-state index contributed by atoms with van der Waals surface area (Å²) in [5.74, 6) is -0.120. The van der Waals surface area contributed by atoms with Crippen molar-refractivity contribution in [1.29, 1.82) is 0 Å². The second-order valence-electron chi connectivity index (χ2n) is 6.99. The third-order valence-electron chi connectivity index (χ3n) is 5.62. The minimum absolute atomic E-state index is 0.239. The molecule has 0 saturated carbocycles. The second-order valence-corrected chi connectivity index (χ2v) is 6.99. The zero-order chi connectivity index (χ0) is 16.7. The van der Waals surface area contributed by atoms with Gasteiger partial charge >= 0.3 is 0 Å². The highest BCUT2D eigenvalue weighted by atomic mass is 16.7. The summed E-state index contributed by atoms with van der Waals surface area (Å²) in [5.41, 5.74) is 3.06. The van der Waals surface area contributed by atoms with E-state index in [0.717, 1.165) is 48.1 Å². The number of carbonyl (C=O) groups is 1. The molecule has 0 unspecified atom stereocenters. The Morgan fingerprint density at radius 3 is 2.58 bits per heavy atom. The Kier molecular flexibility index (Phi) is 3.95. The summed E-state index contributed by atoms with van der Waals surface area (Å²) in [7, 11) is 2.03. The molecule has 2 aliphatic heterocycles. The average molecular weight is 329 g/mol. The summed E-state index contributed by atoms with van der Waals surface area (Å²) < 4.78 is 13.7. The molecule has 0 bridgehead atoms. The van der Waals surface area contributed by atoms with E-state index in [-0.39, 0.29) is 11.6 Å². The van der Waals surface area contributed by atoms with Crippen LogP contribution in [0.25, 0.3) is 10.9 Å². The first-order valence-electron chi connectivity index (χ1n) is 8.78. The van der Waals surface area contributed by atoms with Crippen molar-refractivity contribution in [1.82, 2.24) is 4.57 Å². The number of para-hydroxylation sites is 1. The first kappa shape index (κ1) is 15.8. The van der Waals surface area contributed by atoms with Crippen LogP contribution in [0.5, 0.6) is 0 Å². The number of carbonyl (C=O) groups excluding carboxylic acids is 1. The maximum Gasteiger partial charge on any atom is 0.219 e. The number of piperidine rings is 1. The van der Waals surface area contributed by atoms with Crippen molar-refractivity contribution in [2.24, 2.45) is 7.05 Å². The molecule has 2 aliphatic rings. The van der Waals surface area contributed by atoms with Crippen molar-refractivity contribution in [2.75, 3.05) is 32.8 Å². The van der Waals surface area contributed by atoms with Crippen LogP contribution in [0.3, 0.4) is 0 Å². The molecule has 0 radical (unpaired) electrons. The summed E-state index contributed by atoms with van der Waals surface area (Å²) in [6, 6.07) is 8.15. The Morgan fingerprint density at radius 1 is 1.21 bits per heavy atom. The molecule has 0 amide bonds. The van der Waals surface area contributed by atoms with Crippen LogP contribution in [0.4, 0.5) is 0 Å². The number of nitrogens with one attached hydrogen (secondary N) is 1. The van der Waals surface area contributed by atoms with Gasteiger partial charge in [-0.05, 0) is 13.0 Å². The number of quaternary nitrogens is 1. The fourth-order valence-corrected chi connectivity index (χ4v) is 4.14. The lowest BCUT2D eigenvalue weighted by atomic mass is 10.0. The molecule has 1 aromatic carbocycles. The maximum atomic E-state index is 13.0. The highest BCUT2D eigenvalue weighted by Gasteiger charge is 2.42. The van der Waals surface area contributed by atoms with Gasteiger partial charge in [-0.1, -0.05) is 18.2 Å². The number of likely N-dealkylation sites (tertiary alicyclic amines) is 1. The minimum Gasteiger partial charge on any atom is -0.347 e. The molecule has 24 heavy (non-hydrogen) atoms. The number of Topliss-reactive ketones (excluding diaryl/α,β-unsaturated/α-hetero) is 1. The maximum absolute atomic E-state index is 13.0. The zero-order valence-corrected chi connectivity index (χ0v) is 14.4. The van der Waals surface area contributed by atoms with E-state index in [9.17, 15) is 4.79 Å². The van der Waals surface area contributed by atoms with Gasteiger partial charge in [0, 0.05) is 23.6 Å². The number of ether oxygens (including phenoxy) is 2. The number of aromatic nitrogens is 1. The lowest BCUT2D eigenvalue weighted by Crippen LogP contribution is -3.14. The number of hydrogen-bond donors (Lipinski definition) is 1. The van der Waals surface area contributed by atoms with E-state index in [0.29, 0.717) is 19.8 Å². The van der Waals surface area contributed by atoms with Gasteiger partial charge in [-0.2, -0.15) is 0 Å². The molecule has 128 valence electrons. The normalized spacial score (nSPS) is 20.9. The minimum atomic E-state index is -0.359. The van der Waals surface area contributed by atoms with Crippen molar-refractivity contribution in [3.63, 3.8) is 0 Å². The molecule has 1 spiro atoms. The molecule has 1 N–H and O–H groups in total. The lowest BCUT2D eigenvalue weighted by molar-refractivity contribution is -0.900. The molecular formula is C19H25N2O3+. The molecule has 3 heterocycles. The predicted molar refractivity (Wildman–Crippen MR) is 91.4 cm³/mol. The molecular weight excluding hydrogens is 304 g/mol. The van der Waals surface area contributed by atoms with Crippen molar-refractivity contribution in [3.05, 3.63) is 35.5 Å². The van der Waals surface area contributed by atoms with E-state index >= 15 is 0 Å². The van der Waals surface area contributed by atoms with Gasteiger partial charge in [0.15, 0.2) is 5.79 Å². The summed E-state index contributed by atoms with van der Waals surface area (Å²) in [5, 5.41) is 1.07. The van der Waals surface area contributed by atoms with Gasteiger partial charge in [-0.25, -0.2) is 0 Å². The standard InChI is InChI=1S/C19H24N2O3/c1-14-18(15-5-3-4-6-16(15)20(14)2)17(22)13-21-9-7-19(8-10-21)23-11-12-24-19/h3-6H,7-13H2,1-2H3/p+1. The predicted octanol–water partition coefficient (Wildman–Crippen LogP) is 1.09. The van der Waals surface area contributed by atoms with Gasteiger partial charge in [-0.15, -0.1) is 0 Å². The molecule has 2 saturated heterocycles. The number of ketones is 1. The Labute approximate surface area is 142 Å². The van der Waals surface area contributed by atoms with Crippen LogP contribution in [0.15, 0.2) is 24.3 Å². The van der Waals surface area contributed by atoms with E-state index in [2.05, 4.69) is 16.7 Å². The third kappa shape index (κ3) is 2.57. The van der Waals surface area contributed by atoms with E-state index in [1.165, 1.54) is 4.90 Å². The monoisotopic (exact) mass is 329 g/mol. The van der Waals surface area contributed by atoms with Crippen molar-refractivity contribution in [2.45, 2.75) is 25.6 Å². The largest absolute Gasteiger partial charge is 0.347 e. The number of rotatable bonds is 3. The quantitative estimate of drug-likeness (QED) is 0.858. The zero-order valence-electron chi connectivity index (χ0n) is 14.4. The fourth-order valence-electron chi connectivity index (χ4n) is 4.14. The summed E-state index contributed by atoms with van der Waals surface area (Å²) in [6.07, 6.45) is 1.76. The first-order chi connectivity index (χ1) is 11.6. The topological polar surface area (TPSA) is 44.9 Å². The van der Waals surface area contributed by atoms with E-state index in [1.54, 1.807) is 0 Å². The van der Waals surface area contributed by atoms with Crippen molar-refractivity contribution in [3.8, 4) is 0 Å². The van der Waals surface area contributed by atoms with Crippen LogP contribution >= 0.6 is 0 Å². The molecule has 5 heteroatoms. The van der Waals surface area contributed by atoms with Gasteiger partial charge < -0.3 is 18.9 Å². The molecule has 5 nitrogen and oxygen atoms in total. The van der Waals surface area contributed by atoms with Crippen LogP contribution in [-0.2, 0) is 16.5 Å². The van der Waals surface area contributed by atoms with Crippen LogP contribution in [0.2, 0.25) is 0 Å². The summed E-state index contributed by atoms with van der Waals surface area (Å²) >= 11 is 0. The highest BCUT2D eigenvalue weighted by molar-refractivity contribution is 6.09. The molecule has 2 fully saturated rings. The Morgan fingerprint density at radius 2 is 1.88 bits per heavy atom. The first-order valence-corrected chi connectivity index (χ1v) is 8.78. The molecule has 2 aromatic rings. The van der Waals surface area contributed by atoms with E-state index < -0.39 is 0 Å². The van der Waals surface area contributed by atoms with Gasteiger partial charge in [-0.3, -0.25) is 4.79 Å². The SMILES string of the molecule is Cc1c(C(=O)C[NH+]2CCC3(CC2)OCCO3)c2ccccc2n1C. The van der Waals surface area contributed by atoms with Gasteiger partial charge in [0.2, 0.25) is 5.78 Å². The summed E-state index contributed by atoms with van der Waals surface area (Å²) in [4.78, 5) is 14.3.